The summed E-state index contributed by atoms with van der Waals surface area (Å²) in [4.78, 5) is 17.2. The molecular weight excluding hydrogens is 351 g/mol. The van der Waals surface area contributed by atoms with E-state index in [1.54, 1.807) is 30.3 Å². The Kier molecular flexibility index (Phi) is 4.66. The van der Waals surface area contributed by atoms with Gasteiger partial charge in [-0.3, -0.25) is 4.79 Å². The van der Waals surface area contributed by atoms with Gasteiger partial charge in [0.25, 0.3) is 5.91 Å². The molecule has 0 aliphatic rings. The van der Waals surface area contributed by atoms with Gasteiger partial charge in [0.1, 0.15) is 0 Å². The summed E-state index contributed by atoms with van der Waals surface area (Å²) < 4.78 is 2.91. The van der Waals surface area contributed by atoms with Gasteiger partial charge in [-0.1, -0.05) is 46.7 Å². The van der Waals surface area contributed by atoms with E-state index in [1.165, 1.54) is 11.3 Å². The van der Waals surface area contributed by atoms with Crippen molar-refractivity contribution in [3.63, 3.8) is 0 Å². The molecule has 3 aromatic rings. The molecule has 0 radical (unpaired) electrons. The number of carbonyl (C=O) groups is 1. The fraction of sp³-hybridized carbons (Fsp3) is 0.0588. The van der Waals surface area contributed by atoms with Crippen molar-refractivity contribution >= 4 is 50.7 Å². The van der Waals surface area contributed by atoms with E-state index in [0.29, 0.717) is 27.0 Å². The number of carbonyl (C=O) groups excluding carboxylic acids is 1. The molecule has 0 aliphatic heterocycles. The summed E-state index contributed by atoms with van der Waals surface area (Å²) in [6, 6.07) is 12.4. The molecule has 0 aliphatic carbocycles. The molecular formula is C17H12Cl2N2OS. The van der Waals surface area contributed by atoms with Gasteiger partial charge < -0.3 is 4.57 Å². The van der Waals surface area contributed by atoms with Gasteiger partial charge >= 0.3 is 0 Å². The molecule has 1 amide bonds. The lowest BCUT2D eigenvalue weighted by atomic mass is 10.2. The minimum atomic E-state index is -0.331. The third kappa shape index (κ3) is 3.39. The Balaban J connectivity index is 2.16. The van der Waals surface area contributed by atoms with E-state index in [9.17, 15) is 4.79 Å². The molecule has 6 heteroatoms. The standard InChI is InChI=1S/C17H12Cl2N2OS/c1-2-8-21-14-7-6-13(19)10-15(14)23-17(21)20-16(22)11-4-3-5-12(18)9-11/h2-7,9-10H,1,8H2. The zero-order chi connectivity index (χ0) is 16.4. The van der Waals surface area contributed by atoms with Gasteiger partial charge in [-0.25, -0.2) is 0 Å². The molecule has 3 nitrogen and oxygen atoms in total. The SMILES string of the molecule is C=CCn1c(=NC(=O)c2cccc(Cl)c2)sc2cc(Cl)ccc21. The average Bonchev–Trinajstić information content (AvgIpc) is 2.84. The summed E-state index contributed by atoms with van der Waals surface area (Å²) in [6.45, 7) is 4.32. The largest absolute Gasteiger partial charge is 0.312 e. The van der Waals surface area contributed by atoms with Crippen LogP contribution in [-0.4, -0.2) is 10.5 Å². The zero-order valence-electron chi connectivity index (χ0n) is 12.0. The van der Waals surface area contributed by atoms with Crippen molar-refractivity contribution in [3.8, 4) is 0 Å². The maximum Gasteiger partial charge on any atom is 0.279 e. The molecule has 0 N–H and O–H groups in total. The van der Waals surface area contributed by atoms with Gasteiger partial charge in [-0.2, -0.15) is 4.99 Å². The number of hydrogen-bond acceptors (Lipinski definition) is 2. The third-order valence-corrected chi connectivity index (χ3v) is 4.74. The number of hydrogen-bond donors (Lipinski definition) is 0. The Morgan fingerprint density at radius 2 is 2.00 bits per heavy atom. The molecule has 0 fully saturated rings. The number of amides is 1. The molecule has 0 atom stereocenters. The Morgan fingerprint density at radius 1 is 1.22 bits per heavy atom. The van der Waals surface area contributed by atoms with Gasteiger partial charge in [-0.05, 0) is 36.4 Å². The van der Waals surface area contributed by atoms with Crippen LogP contribution in [0.1, 0.15) is 10.4 Å². The van der Waals surface area contributed by atoms with E-state index in [1.807, 2.05) is 22.8 Å². The predicted molar refractivity (Wildman–Crippen MR) is 96.4 cm³/mol. The molecule has 0 spiro atoms. The summed E-state index contributed by atoms with van der Waals surface area (Å²) >= 11 is 13.4. The monoisotopic (exact) mass is 362 g/mol. The number of allylic oxidation sites excluding steroid dienone is 1. The minimum absolute atomic E-state index is 0.331. The van der Waals surface area contributed by atoms with Crippen LogP contribution in [0.5, 0.6) is 0 Å². The first-order valence-electron chi connectivity index (χ1n) is 6.83. The lowest BCUT2D eigenvalue weighted by Gasteiger charge is -2.01. The van der Waals surface area contributed by atoms with Crippen LogP contribution in [0.4, 0.5) is 0 Å². The second-order valence-electron chi connectivity index (χ2n) is 4.82. The fourth-order valence-electron chi connectivity index (χ4n) is 2.21. The minimum Gasteiger partial charge on any atom is -0.312 e. The van der Waals surface area contributed by atoms with Crippen LogP contribution in [0.3, 0.4) is 0 Å². The van der Waals surface area contributed by atoms with E-state index >= 15 is 0 Å². The second kappa shape index (κ2) is 6.71. The lowest BCUT2D eigenvalue weighted by molar-refractivity contribution is 0.0998. The maximum atomic E-state index is 12.4. The van der Waals surface area contributed by atoms with Crippen LogP contribution in [0, 0.1) is 0 Å². The fourth-order valence-corrected chi connectivity index (χ4v) is 3.71. The molecule has 3 rings (SSSR count). The topological polar surface area (TPSA) is 34.4 Å². The summed E-state index contributed by atoms with van der Waals surface area (Å²) in [7, 11) is 0. The molecule has 0 saturated carbocycles. The molecule has 116 valence electrons. The van der Waals surface area contributed by atoms with E-state index in [4.69, 9.17) is 23.2 Å². The van der Waals surface area contributed by atoms with Crippen LogP contribution in [-0.2, 0) is 6.54 Å². The first kappa shape index (κ1) is 16.0. The van der Waals surface area contributed by atoms with Crippen molar-refractivity contribution < 1.29 is 4.79 Å². The van der Waals surface area contributed by atoms with Crippen molar-refractivity contribution in [3.05, 3.63) is 75.5 Å². The summed E-state index contributed by atoms with van der Waals surface area (Å²) in [5.74, 6) is -0.331. The van der Waals surface area contributed by atoms with Crippen LogP contribution in [0.25, 0.3) is 10.2 Å². The highest BCUT2D eigenvalue weighted by molar-refractivity contribution is 7.16. The van der Waals surface area contributed by atoms with Gasteiger partial charge in [0, 0.05) is 22.2 Å². The molecule has 1 aromatic heterocycles. The van der Waals surface area contributed by atoms with Crippen LogP contribution in [0.2, 0.25) is 10.0 Å². The Hall–Kier alpha value is -1.88. The lowest BCUT2D eigenvalue weighted by Crippen LogP contribution is -2.16. The van der Waals surface area contributed by atoms with E-state index in [-0.39, 0.29) is 5.91 Å². The Labute approximate surface area is 147 Å². The van der Waals surface area contributed by atoms with Crippen molar-refractivity contribution in [1.82, 2.24) is 4.57 Å². The number of thiazole rings is 1. The number of halogens is 2. The molecule has 23 heavy (non-hydrogen) atoms. The van der Waals surface area contributed by atoms with Crippen molar-refractivity contribution in [2.45, 2.75) is 6.54 Å². The molecule has 2 aromatic carbocycles. The van der Waals surface area contributed by atoms with Gasteiger partial charge in [0.15, 0.2) is 4.80 Å². The first-order chi connectivity index (χ1) is 11.1. The van der Waals surface area contributed by atoms with E-state index in [2.05, 4.69) is 11.6 Å². The van der Waals surface area contributed by atoms with Gasteiger partial charge in [-0.15, -0.1) is 6.58 Å². The van der Waals surface area contributed by atoms with Crippen LogP contribution < -0.4 is 4.80 Å². The smallest absolute Gasteiger partial charge is 0.279 e. The number of fused-ring (bicyclic) bond motifs is 1. The Morgan fingerprint density at radius 3 is 2.74 bits per heavy atom. The quantitative estimate of drug-likeness (QED) is 0.607. The predicted octanol–water partition coefficient (Wildman–Crippen LogP) is 4.94. The summed E-state index contributed by atoms with van der Waals surface area (Å²) in [6.07, 6.45) is 1.77. The second-order valence-corrected chi connectivity index (χ2v) is 6.71. The van der Waals surface area contributed by atoms with Gasteiger partial charge in [0.05, 0.1) is 10.2 Å². The number of rotatable bonds is 3. The number of benzene rings is 2. The van der Waals surface area contributed by atoms with Gasteiger partial charge in [0.2, 0.25) is 0 Å². The molecule has 0 bridgehead atoms. The third-order valence-electron chi connectivity index (χ3n) is 3.23. The summed E-state index contributed by atoms with van der Waals surface area (Å²) in [5, 5.41) is 1.16. The molecule has 0 unspecified atom stereocenters. The highest BCUT2D eigenvalue weighted by atomic mass is 35.5. The van der Waals surface area contributed by atoms with Crippen LogP contribution in [0.15, 0.2) is 60.1 Å². The highest BCUT2D eigenvalue weighted by Gasteiger charge is 2.09. The normalized spacial score (nSPS) is 11.8. The summed E-state index contributed by atoms with van der Waals surface area (Å²) in [5.41, 5.74) is 1.43. The van der Waals surface area contributed by atoms with Crippen molar-refractivity contribution in [2.24, 2.45) is 4.99 Å². The molecule has 0 saturated heterocycles. The Bertz CT molecular complexity index is 972. The van der Waals surface area contributed by atoms with E-state index < -0.39 is 0 Å². The van der Waals surface area contributed by atoms with Crippen molar-refractivity contribution in [1.29, 1.82) is 0 Å². The average molecular weight is 363 g/mol. The highest BCUT2D eigenvalue weighted by Crippen LogP contribution is 2.22. The van der Waals surface area contributed by atoms with Crippen LogP contribution >= 0.6 is 34.5 Å². The zero-order valence-corrected chi connectivity index (χ0v) is 14.3. The maximum absolute atomic E-state index is 12.4. The van der Waals surface area contributed by atoms with Crippen molar-refractivity contribution in [2.75, 3.05) is 0 Å². The number of nitrogens with zero attached hydrogens (tertiary/aromatic N) is 2. The molecule has 1 heterocycles. The first-order valence-corrected chi connectivity index (χ1v) is 8.40. The number of aromatic nitrogens is 1. The van der Waals surface area contributed by atoms with E-state index in [0.717, 1.165) is 10.2 Å².